The zero-order chi connectivity index (χ0) is 11.4. The van der Waals surface area contributed by atoms with Gasteiger partial charge in [-0.3, -0.25) is 9.89 Å². The maximum atomic E-state index is 11.6. The van der Waals surface area contributed by atoms with E-state index in [1.54, 1.807) is 6.20 Å². The van der Waals surface area contributed by atoms with Crippen LogP contribution in [0.15, 0.2) is 6.20 Å². The average Bonchev–Trinajstić information content (AvgIpc) is 2.88. The molecule has 0 aromatic carbocycles. The van der Waals surface area contributed by atoms with Crippen molar-refractivity contribution < 1.29 is 4.79 Å². The Labute approximate surface area is 95.0 Å². The van der Waals surface area contributed by atoms with Gasteiger partial charge in [-0.15, -0.1) is 0 Å². The van der Waals surface area contributed by atoms with Crippen molar-refractivity contribution in [3.63, 3.8) is 0 Å². The number of anilines is 1. The lowest BCUT2D eigenvalue weighted by molar-refractivity contribution is -0.116. The third-order valence-corrected chi connectivity index (χ3v) is 3.04. The lowest BCUT2D eigenvalue weighted by Crippen LogP contribution is -2.15. The van der Waals surface area contributed by atoms with Gasteiger partial charge in [0.2, 0.25) is 5.91 Å². The molecule has 5 nitrogen and oxygen atoms in total. The van der Waals surface area contributed by atoms with E-state index >= 15 is 0 Å². The first-order valence-electron chi connectivity index (χ1n) is 5.76. The molecule has 1 fully saturated rings. The van der Waals surface area contributed by atoms with Crippen molar-refractivity contribution in [1.29, 1.82) is 0 Å². The number of aromatic amines is 1. The Morgan fingerprint density at radius 2 is 2.56 bits per heavy atom. The van der Waals surface area contributed by atoms with Crippen molar-refractivity contribution >= 4 is 11.7 Å². The molecule has 88 valence electrons. The van der Waals surface area contributed by atoms with Gasteiger partial charge < -0.3 is 10.6 Å². The van der Waals surface area contributed by atoms with Gasteiger partial charge in [0.1, 0.15) is 5.82 Å². The Kier molecular flexibility index (Phi) is 3.56. The molecule has 1 aliphatic heterocycles. The highest BCUT2D eigenvalue weighted by Gasteiger charge is 2.16. The minimum Gasteiger partial charge on any atom is -0.316 e. The normalized spacial score (nSPS) is 19.9. The summed E-state index contributed by atoms with van der Waals surface area (Å²) in [6.45, 7) is 4.06. The first-order chi connectivity index (χ1) is 7.75. The number of hydrogen-bond acceptors (Lipinski definition) is 3. The Morgan fingerprint density at radius 3 is 3.19 bits per heavy atom. The molecule has 5 heteroatoms. The van der Waals surface area contributed by atoms with Crippen molar-refractivity contribution in [1.82, 2.24) is 15.5 Å². The summed E-state index contributed by atoms with van der Waals surface area (Å²) in [7, 11) is 0. The number of nitrogens with one attached hydrogen (secondary N) is 3. The van der Waals surface area contributed by atoms with Gasteiger partial charge in [-0.2, -0.15) is 5.10 Å². The van der Waals surface area contributed by atoms with Crippen LogP contribution in [0.1, 0.15) is 24.8 Å². The summed E-state index contributed by atoms with van der Waals surface area (Å²) in [6, 6.07) is 0. The number of aromatic nitrogens is 2. The number of H-pyrrole nitrogens is 1. The van der Waals surface area contributed by atoms with E-state index in [2.05, 4.69) is 20.8 Å². The van der Waals surface area contributed by atoms with E-state index in [-0.39, 0.29) is 5.91 Å². The summed E-state index contributed by atoms with van der Waals surface area (Å²) < 4.78 is 0. The van der Waals surface area contributed by atoms with Gasteiger partial charge in [0.25, 0.3) is 0 Å². The molecule has 1 aromatic heterocycles. The summed E-state index contributed by atoms with van der Waals surface area (Å²) >= 11 is 0. The second-order valence-electron chi connectivity index (χ2n) is 4.37. The van der Waals surface area contributed by atoms with Crippen LogP contribution in [0.2, 0.25) is 0 Å². The molecular weight excluding hydrogens is 204 g/mol. The molecule has 1 saturated heterocycles. The van der Waals surface area contributed by atoms with Crippen LogP contribution >= 0.6 is 0 Å². The zero-order valence-corrected chi connectivity index (χ0v) is 9.55. The number of hydrogen-bond donors (Lipinski definition) is 3. The van der Waals surface area contributed by atoms with Gasteiger partial charge in [0.15, 0.2) is 0 Å². The zero-order valence-electron chi connectivity index (χ0n) is 9.55. The number of aryl methyl sites for hydroxylation is 1. The molecular formula is C11H18N4O. The highest BCUT2D eigenvalue weighted by molar-refractivity contribution is 5.90. The molecule has 1 aliphatic rings. The van der Waals surface area contributed by atoms with Crippen LogP contribution in [0.5, 0.6) is 0 Å². The number of carbonyl (C=O) groups excluding carboxylic acids is 1. The highest BCUT2D eigenvalue weighted by Crippen LogP contribution is 2.15. The molecule has 0 spiro atoms. The van der Waals surface area contributed by atoms with E-state index in [0.29, 0.717) is 12.3 Å². The van der Waals surface area contributed by atoms with Crippen molar-refractivity contribution in [2.45, 2.75) is 26.2 Å². The monoisotopic (exact) mass is 222 g/mol. The molecule has 0 aliphatic carbocycles. The van der Waals surface area contributed by atoms with Gasteiger partial charge in [-0.1, -0.05) is 0 Å². The molecule has 1 aromatic rings. The topological polar surface area (TPSA) is 69.8 Å². The van der Waals surface area contributed by atoms with Gasteiger partial charge in [-0.05, 0) is 38.8 Å². The van der Waals surface area contributed by atoms with Crippen LogP contribution in [0, 0.1) is 12.8 Å². The van der Waals surface area contributed by atoms with Gasteiger partial charge >= 0.3 is 0 Å². The minimum absolute atomic E-state index is 0.0688. The van der Waals surface area contributed by atoms with Crippen molar-refractivity contribution in [2.75, 3.05) is 18.4 Å². The van der Waals surface area contributed by atoms with E-state index in [1.807, 2.05) is 6.92 Å². The second kappa shape index (κ2) is 5.12. The number of rotatable bonds is 4. The molecule has 2 heterocycles. The second-order valence-corrected chi connectivity index (χ2v) is 4.37. The van der Waals surface area contributed by atoms with Crippen molar-refractivity contribution in [3.05, 3.63) is 11.8 Å². The number of nitrogens with zero attached hydrogens (tertiary/aromatic N) is 1. The SMILES string of the molecule is Cc1cn[nH]c1NC(=O)CCC1CCNC1. The fourth-order valence-electron chi connectivity index (χ4n) is 1.97. The molecule has 3 N–H and O–H groups in total. The molecule has 16 heavy (non-hydrogen) atoms. The predicted molar refractivity (Wildman–Crippen MR) is 62.2 cm³/mol. The highest BCUT2D eigenvalue weighted by atomic mass is 16.1. The Morgan fingerprint density at radius 1 is 1.69 bits per heavy atom. The fraction of sp³-hybridized carbons (Fsp3) is 0.636. The first-order valence-corrected chi connectivity index (χ1v) is 5.76. The lowest BCUT2D eigenvalue weighted by Gasteiger charge is -2.07. The molecule has 2 rings (SSSR count). The smallest absolute Gasteiger partial charge is 0.225 e. The summed E-state index contributed by atoms with van der Waals surface area (Å²) in [5.41, 5.74) is 0.968. The van der Waals surface area contributed by atoms with E-state index in [0.717, 1.165) is 30.9 Å². The molecule has 0 saturated carbocycles. The van der Waals surface area contributed by atoms with Crippen LogP contribution in [0.25, 0.3) is 0 Å². The average molecular weight is 222 g/mol. The van der Waals surface area contributed by atoms with Crippen LogP contribution < -0.4 is 10.6 Å². The maximum Gasteiger partial charge on any atom is 0.225 e. The van der Waals surface area contributed by atoms with Gasteiger partial charge in [-0.25, -0.2) is 0 Å². The third-order valence-electron chi connectivity index (χ3n) is 3.04. The minimum atomic E-state index is 0.0688. The summed E-state index contributed by atoms with van der Waals surface area (Å²) in [5, 5.41) is 12.8. The molecule has 1 atom stereocenters. The van der Waals surface area contributed by atoms with E-state index in [9.17, 15) is 4.79 Å². The quantitative estimate of drug-likeness (QED) is 0.713. The molecule has 0 radical (unpaired) electrons. The number of amides is 1. The Hall–Kier alpha value is -1.36. The van der Waals surface area contributed by atoms with E-state index in [4.69, 9.17) is 0 Å². The number of carbonyl (C=O) groups is 1. The van der Waals surface area contributed by atoms with Crippen LogP contribution in [-0.4, -0.2) is 29.2 Å². The van der Waals surface area contributed by atoms with Crippen LogP contribution in [0.4, 0.5) is 5.82 Å². The Bertz CT molecular complexity index is 355. The summed E-state index contributed by atoms with van der Waals surface area (Å²) in [4.78, 5) is 11.6. The maximum absolute atomic E-state index is 11.6. The van der Waals surface area contributed by atoms with Gasteiger partial charge in [0.05, 0.1) is 6.20 Å². The van der Waals surface area contributed by atoms with Gasteiger partial charge in [0, 0.05) is 12.0 Å². The summed E-state index contributed by atoms with van der Waals surface area (Å²) in [6.07, 6.45) is 4.45. The predicted octanol–water partition coefficient (Wildman–Crippen LogP) is 1.05. The largest absolute Gasteiger partial charge is 0.316 e. The molecule has 0 bridgehead atoms. The standard InChI is InChI=1S/C11H18N4O/c1-8-6-13-15-11(8)14-10(16)3-2-9-4-5-12-7-9/h6,9,12H,2-5,7H2,1H3,(H2,13,14,15,16). The van der Waals surface area contributed by atoms with Crippen LogP contribution in [0.3, 0.4) is 0 Å². The van der Waals surface area contributed by atoms with Crippen molar-refractivity contribution in [2.24, 2.45) is 5.92 Å². The Balaban J connectivity index is 1.74. The van der Waals surface area contributed by atoms with Crippen molar-refractivity contribution in [3.8, 4) is 0 Å². The van der Waals surface area contributed by atoms with E-state index < -0.39 is 0 Å². The van der Waals surface area contributed by atoms with E-state index in [1.165, 1.54) is 6.42 Å². The molecule has 1 unspecified atom stereocenters. The lowest BCUT2D eigenvalue weighted by atomic mass is 10.0. The molecule has 1 amide bonds. The third kappa shape index (κ3) is 2.82. The van der Waals surface area contributed by atoms with Crippen LogP contribution in [-0.2, 0) is 4.79 Å². The fourth-order valence-corrected chi connectivity index (χ4v) is 1.97. The first kappa shape index (κ1) is 11.1. The summed E-state index contributed by atoms with van der Waals surface area (Å²) in [5.74, 6) is 1.45.